The van der Waals surface area contributed by atoms with Crippen LogP contribution in [0, 0.1) is 5.92 Å². The molecule has 8 atom stereocenters. The average molecular weight is 919 g/mol. The van der Waals surface area contributed by atoms with Crippen molar-refractivity contribution in [3.05, 3.63) is 102 Å². The predicted molar refractivity (Wildman–Crippen MR) is 238 cm³/mol. The maximum atomic E-state index is 14.2. The Morgan fingerprint density at radius 1 is 0.985 bits per heavy atom. The number of alkyl carbamates (subject to hydrolysis) is 1. The monoisotopic (exact) mass is 918 g/mol. The Kier molecular flexibility index (Phi) is 11.4. The fourth-order valence-corrected chi connectivity index (χ4v) is 10.3. The number of imidazole rings is 2. The SMILES string of the molecule is COC(=O)N[C@H](C(=O)[C@]12C[C@H](c3ncc(-c4ccc5c(c4)COc4cc6c(ccc7nc([C@@H]8C[C@H](COC(F)F)CN8C(=O)[C@H](NC(=O)O)c8ccccc8)[nH]c76)cc4-5)[nH]3)C[N@]1C2)[C@H](C)OC. The lowest BCUT2D eigenvalue weighted by Gasteiger charge is -2.28. The van der Waals surface area contributed by atoms with Gasteiger partial charge < -0.3 is 49.6 Å². The zero-order chi connectivity index (χ0) is 46.7. The van der Waals surface area contributed by atoms with Crippen molar-refractivity contribution in [3.8, 4) is 28.1 Å². The highest BCUT2D eigenvalue weighted by molar-refractivity contribution is 6.07. The van der Waals surface area contributed by atoms with Gasteiger partial charge in [0.1, 0.15) is 36.1 Å². The molecule has 0 radical (unpaired) electrons. The van der Waals surface area contributed by atoms with E-state index in [2.05, 4.69) is 48.4 Å². The van der Waals surface area contributed by atoms with E-state index in [1.54, 1.807) is 43.5 Å². The van der Waals surface area contributed by atoms with Gasteiger partial charge in [-0.25, -0.2) is 19.6 Å². The van der Waals surface area contributed by atoms with Crippen LogP contribution in [-0.2, 0) is 30.4 Å². The molecule has 10 rings (SSSR count). The zero-order valence-electron chi connectivity index (χ0n) is 36.8. The van der Waals surface area contributed by atoms with Crippen molar-refractivity contribution >= 4 is 45.7 Å². The largest absolute Gasteiger partial charge is 0.488 e. The van der Waals surface area contributed by atoms with Crippen molar-refractivity contribution in [1.82, 2.24) is 40.4 Å². The Morgan fingerprint density at radius 3 is 2.57 bits per heavy atom. The minimum absolute atomic E-state index is 0.0150. The number of alkyl halides is 2. The van der Waals surface area contributed by atoms with Crippen LogP contribution in [0.3, 0.4) is 0 Å². The molecule has 3 fully saturated rings. The minimum atomic E-state index is -2.98. The van der Waals surface area contributed by atoms with Gasteiger partial charge in [0.25, 0.3) is 5.91 Å². The fraction of sp³-hybridized carbons (Fsp3) is 0.375. The number of ketones is 1. The smallest absolute Gasteiger partial charge is 0.407 e. The summed E-state index contributed by atoms with van der Waals surface area (Å²) in [6.45, 7) is 0.0947. The summed E-state index contributed by atoms with van der Waals surface area (Å²) in [7, 11) is 2.76. The third-order valence-corrected chi connectivity index (χ3v) is 13.8. The number of Topliss-reactive ketones (excluding diaryl/α,β-unsaturated/α-hetero) is 1. The van der Waals surface area contributed by atoms with Crippen LogP contribution in [0.5, 0.6) is 5.75 Å². The van der Waals surface area contributed by atoms with E-state index in [-0.39, 0.29) is 31.3 Å². The van der Waals surface area contributed by atoms with E-state index in [0.717, 1.165) is 44.5 Å². The van der Waals surface area contributed by atoms with Gasteiger partial charge in [0.2, 0.25) is 0 Å². The molecule has 0 unspecified atom stereocenters. The predicted octanol–water partition coefficient (Wildman–Crippen LogP) is 6.67. The van der Waals surface area contributed by atoms with Crippen LogP contribution >= 0.6 is 0 Å². The molecule has 5 N–H and O–H groups in total. The van der Waals surface area contributed by atoms with Crippen LogP contribution in [0.2, 0.25) is 0 Å². The van der Waals surface area contributed by atoms with Crippen LogP contribution in [0.4, 0.5) is 18.4 Å². The Balaban J connectivity index is 0.892. The van der Waals surface area contributed by atoms with Gasteiger partial charge in [0.15, 0.2) is 5.78 Å². The summed E-state index contributed by atoms with van der Waals surface area (Å²) in [6.07, 6.45) is 0.0104. The van der Waals surface area contributed by atoms with E-state index in [1.165, 1.54) is 19.1 Å². The van der Waals surface area contributed by atoms with Gasteiger partial charge in [-0.05, 0) is 71.7 Å². The lowest BCUT2D eigenvalue weighted by atomic mass is 9.88. The summed E-state index contributed by atoms with van der Waals surface area (Å²) in [4.78, 5) is 72.2. The fourth-order valence-electron chi connectivity index (χ4n) is 10.3. The number of nitrogens with zero attached hydrogens (tertiary/aromatic N) is 4. The molecule has 0 saturated carbocycles. The van der Waals surface area contributed by atoms with Crippen molar-refractivity contribution in [1.29, 1.82) is 0 Å². The molecule has 6 aromatic rings. The topological polar surface area (TPSA) is 213 Å². The highest BCUT2D eigenvalue weighted by Crippen LogP contribution is 2.50. The highest BCUT2D eigenvalue weighted by atomic mass is 19.3. The number of amides is 3. The normalized spacial score (nSPS) is 22.9. The lowest BCUT2D eigenvalue weighted by Crippen LogP contribution is -2.53. The second-order valence-corrected chi connectivity index (χ2v) is 17.7. The van der Waals surface area contributed by atoms with Crippen molar-refractivity contribution in [2.24, 2.45) is 5.92 Å². The highest BCUT2D eigenvalue weighted by Gasteiger charge is 2.65. The number of aromatic amines is 2. The molecule has 17 nitrogen and oxygen atoms in total. The molecular formula is C48H48F2N8O9. The number of hydrogen-bond donors (Lipinski definition) is 5. The lowest BCUT2D eigenvalue weighted by molar-refractivity contribution is -0.139. The van der Waals surface area contributed by atoms with Gasteiger partial charge in [0, 0.05) is 49.5 Å². The summed E-state index contributed by atoms with van der Waals surface area (Å²) in [5.74, 6) is 0.774. The molecule has 348 valence electrons. The summed E-state index contributed by atoms with van der Waals surface area (Å²) in [6, 6.07) is 19.8. The van der Waals surface area contributed by atoms with E-state index in [4.69, 9.17) is 24.2 Å². The van der Waals surface area contributed by atoms with E-state index in [0.29, 0.717) is 54.3 Å². The molecule has 0 bridgehead atoms. The first kappa shape index (κ1) is 43.9. The summed E-state index contributed by atoms with van der Waals surface area (Å²) >= 11 is 0. The summed E-state index contributed by atoms with van der Waals surface area (Å²) < 4.78 is 47.6. The molecule has 0 spiro atoms. The number of likely N-dealkylation sites (tertiary alicyclic amines) is 1. The third kappa shape index (κ3) is 8.10. The number of nitrogens with one attached hydrogen (secondary N) is 4. The number of methoxy groups -OCH3 is 2. The van der Waals surface area contributed by atoms with Crippen LogP contribution < -0.4 is 15.4 Å². The molecule has 0 aliphatic carbocycles. The number of ether oxygens (including phenoxy) is 4. The van der Waals surface area contributed by atoms with E-state index < -0.39 is 60.4 Å². The molecule has 4 aliphatic rings. The van der Waals surface area contributed by atoms with Crippen molar-refractivity contribution < 1.29 is 52.0 Å². The number of halogens is 2. The Labute approximate surface area is 382 Å². The van der Waals surface area contributed by atoms with Gasteiger partial charge in [-0.15, -0.1) is 0 Å². The summed E-state index contributed by atoms with van der Waals surface area (Å²) in [5.41, 5.74) is 5.74. The maximum absolute atomic E-state index is 14.2. The maximum Gasteiger partial charge on any atom is 0.407 e. The first-order valence-corrected chi connectivity index (χ1v) is 22.0. The number of rotatable bonds is 14. The van der Waals surface area contributed by atoms with Crippen LogP contribution in [0.1, 0.15) is 60.5 Å². The number of carboxylic acid groups (broad SMARTS) is 1. The van der Waals surface area contributed by atoms with E-state index >= 15 is 0 Å². The Bertz CT molecular complexity index is 2910. The number of carbonyl (C=O) groups is 4. The third-order valence-electron chi connectivity index (χ3n) is 13.8. The standard InChI is InChI=1S/C48H48F2N8O9/c1-24(64-2)38(56-47(63)65-3)41(59)48-17-30(20-57(48)23-48)42-51-18-35(53-42)28-9-11-31-29(14-28)22-66-37-16-32-27(15-33(31)37)10-12-34-40(32)54-43(52-34)36-13-25(21-67-45(49)50)19-58(36)44(60)39(55-46(61)62)26-7-5-4-6-8-26/h4-12,14-16,18,24-25,30,36,38-39,45,55H,13,17,19-23H2,1-3H3,(H,51,53)(H,52,54)(H,56,63)(H,61,62)/t24-,25-,30-,36-,38-,39+,48+,57+/m0/s1. The molecule has 19 heteroatoms. The average Bonchev–Trinajstić information content (AvgIpc) is 3.91. The Morgan fingerprint density at radius 2 is 1.81 bits per heavy atom. The molecule has 4 aromatic carbocycles. The van der Waals surface area contributed by atoms with Crippen LogP contribution in [0.25, 0.3) is 44.2 Å². The molecule has 2 aromatic heterocycles. The second-order valence-electron chi connectivity index (χ2n) is 17.7. The van der Waals surface area contributed by atoms with Crippen molar-refractivity contribution in [2.45, 2.75) is 68.7 Å². The first-order chi connectivity index (χ1) is 32.3. The van der Waals surface area contributed by atoms with Gasteiger partial charge in [-0.3, -0.25) is 14.5 Å². The van der Waals surface area contributed by atoms with Crippen LogP contribution in [-0.4, -0.2) is 123 Å². The van der Waals surface area contributed by atoms with Gasteiger partial charge in [-0.1, -0.05) is 48.5 Å². The van der Waals surface area contributed by atoms with E-state index in [9.17, 15) is 33.1 Å². The van der Waals surface area contributed by atoms with Crippen LogP contribution in [0.15, 0.2) is 79.0 Å². The molecular weight excluding hydrogens is 871 g/mol. The number of carbonyl (C=O) groups excluding carboxylic acids is 3. The molecule has 3 amide bonds. The second kappa shape index (κ2) is 17.4. The summed E-state index contributed by atoms with van der Waals surface area (Å²) in [5, 5.41) is 16.4. The van der Waals surface area contributed by atoms with Gasteiger partial charge >= 0.3 is 18.8 Å². The van der Waals surface area contributed by atoms with Gasteiger partial charge in [-0.2, -0.15) is 8.78 Å². The molecule has 6 heterocycles. The Hall–Kier alpha value is -6.96. The number of piperidine rings is 1. The zero-order valence-corrected chi connectivity index (χ0v) is 36.8. The van der Waals surface area contributed by atoms with Gasteiger partial charge in [0.05, 0.1) is 54.3 Å². The number of benzene rings is 4. The first-order valence-electron chi connectivity index (χ1n) is 22.0. The number of fused-ring (bicyclic) bond motifs is 7. The van der Waals surface area contributed by atoms with E-state index in [1.807, 2.05) is 24.3 Å². The molecule has 3 saturated heterocycles. The quantitative estimate of drug-likeness (QED) is 0.0725. The molecule has 67 heavy (non-hydrogen) atoms. The van der Waals surface area contributed by atoms with Crippen molar-refractivity contribution in [3.63, 3.8) is 0 Å². The number of aromatic nitrogens is 4. The number of H-pyrrole nitrogens is 2. The minimum Gasteiger partial charge on any atom is -0.488 e. The molecule has 4 aliphatic heterocycles. The van der Waals surface area contributed by atoms with Crippen molar-refractivity contribution in [2.75, 3.05) is 40.5 Å². The number of hydrogen-bond acceptors (Lipinski definition) is 11.